The van der Waals surface area contributed by atoms with Crippen molar-refractivity contribution in [3.8, 4) is 33.4 Å². The molecule has 0 aliphatic heterocycles. The van der Waals surface area contributed by atoms with Crippen LogP contribution >= 0.6 is 0 Å². The highest BCUT2D eigenvalue weighted by atomic mass is 16.3. The van der Waals surface area contributed by atoms with Gasteiger partial charge in [-0.15, -0.1) is 0 Å². The van der Waals surface area contributed by atoms with Crippen LogP contribution < -0.4 is 0 Å². The predicted octanol–water partition coefficient (Wildman–Crippen LogP) is 13.4. The van der Waals surface area contributed by atoms with E-state index in [9.17, 15) is 0 Å². The molecule has 2 heteroatoms. The molecule has 0 N–H and O–H groups in total. The molecule has 0 saturated carbocycles. The molecule has 9 aromatic carbocycles. The van der Waals surface area contributed by atoms with E-state index < -0.39 is 0 Å². The van der Waals surface area contributed by atoms with Crippen LogP contribution in [0.1, 0.15) is 0 Å². The third kappa shape index (κ3) is 2.95. The van der Waals surface area contributed by atoms with Crippen molar-refractivity contribution in [3.63, 3.8) is 0 Å². The first kappa shape index (κ1) is 24.8. The number of fused-ring (bicyclic) bond motifs is 4. The summed E-state index contributed by atoms with van der Waals surface area (Å²) in [4.78, 5) is 0. The number of rotatable bonds is 2. The second kappa shape index (κ2) is 8.70. The summed E-state index contributed by atoms with van der Waals surface area (Å²) < 4.78 is 13.5. The maximum absolute atomic E-state index is 7.02. The van der Waals surface area contributed by atoms with E-state index in [1.165, 1.54) is 92.5 Å². The average molecular weight is 609 g/mol. The van der Waals surface area contributed by atoms with Crippen molar-refractivity contribution in [3.05, 3.63) is 146 Å². The Morgan fingerprint density at radius 3 is 1.52 bits per heavy atom. The fraction of sp³-hybridized carbons (Fsp3) is 0. The molecule has 1 aliphatic rings. The highest BCUT2D eigenvalue weighted by Crippen LogP contribution is 2.54. The topological polar surface area (TPSA) is 26.3 Å². The SMILES string of the molecule is c1ccc2c(-c3c4ccccc4c(-c4cc5ccc6oc7cccc8c7c6c5c5c4oc4cccc-8c45)c4ccccc34)cccc2c1. The molecule has 0 spiro atoms. The van der Waals surface area contributed by atoms with Gasteiger partial charge in [-0.3, -0.25) is 0 Å². The zero-order valence-corrected chi connectivity index (χ0v) is 25.7. The van der Waals surface area contributed by atoms with Crippen molar-refractivity contribution in [2.75, 3.05) is 0 Å². The van der Waals surface area contributed by atoms with E-state index in [2.05, 4.69) is 146 Å². The van der Waals surface area contributed by atoms with Gasteiger partial charge in [0.1, 0.15) is 22.3 Å². The average Bonchev–Trinajstić information content (AvgIpc) is 3.69. The van der Waals surface area contributed by atoms with Gasteiger partial charge >= 0.3 is 0 Å². The molecule has 0 fully saturated rings. The van der Waals surface area contributed by atoms with Crippen molar-refractivity contribution in [2.45, 2.75) is 0 Å². The summed E-state index contributed by atoms with van der Waals surface area (Å²) in [5.41, 5.74) is 10.9. The molecular weight excluding hydrogens is 585 g/mol. The van der Waals surface area contributed by atoms with Crippen LogP contribution in [0.4, 0.5) is 0 Å². The number of hydrogen-bond acceptors (Lipinski definition) is 2. The van der Waals surface area contributed by atoms with Crippen LogP contribution in [0.25, 0.3) is 120 Å². The summed E-state index contributed by atoms with van der Waals surface area (Å²) in [6, 6.07) is 52.8. The van der Waals surface area contributed by atoms with Gasteiger partial charge in [-0.2, -0.15) is 0 Å². The molecule has 48 heavy (non-hydrogen) atoms. The maximum Gasteiger partial charge on any atom is 0.143 e. The Labute approximate surface area is 274 Å². The minimum absolute atomic E-state index is 0.910. The Balaban J connectivity index is 1.31. The van der Waals surface area contributed by atoms with Gasteiger partial charge in [0, 0.05) is 38.1 Å². The zero-order valence-electron chi connectivity index (χ0n) is 25.7. The molecule has 0 amide bonds. The fourth-order valence-electron chi connectivity index (χ4n) is 8.90. The lowest BCUT2D eigenvalue weighted by atomic mass is 9.83. The minimum Gasteiger partial charge on any atom is -0.456 e. The van der Waals surface area contributed by atoms with Gasteiger partial charge in [-0.25, -0.2) is 0 Å². The molecule has 2 heterocycles. The molecule has 220 valence electrons. The number of furan rings is 2. The van der Waals surface area contributed by atoms with E-state index in [4.69, 9.17) is 8.83 Å². The standard InChI is InChI=1S/C46H24O2/c1-2-12-27-25(10-1)11-7-17-28(27)40-29-13-3-5-15-31(29)41(32-16-6-4-14-30(32)40)35-24-26-22-23-38-44-39(26)45-43-34(19-9-21-37(43)48-46(35)45)33-18-8-20-36(47-38)42(33)44/h1-24H. The Morgan fingerprint density at radius 1 is 0.292 bits per heavy atom. The first-order valence-corrected chi connectivity index (χ1v) is 16.5. The monoisotopic (exact) mass is 608 g/mol. The summed E-state index contributed by atoms with van der Waals surface area (Å²) >= 11 is 0. The Morgan fingerprint density at radius 2 is 0.812 bits per heavy atom. The third-order valence-corrected chi connectivity index (χ3v) is 10.8. The van der Waals surface area contributed by atoms with Gasteiger partial charge in [0.2, 0.25) is 0 Å². The molecular formula is C46H24O2. The molecule has 0 saturated heterocycles. The molecule has 2 aromatic heterocycles. The summed E-state index contributed by atoms with van der Waals surface area (Å²) in [6.45, 7) is 0. The first-order chi connectivity index (χ1) is 23.8. The quantitative estimate of drug-likeness (QED) is 0.183. The number of benzene rings is 9. The van der Waals surface area contributed by atoms with Crippen LogP contribution in [-0.2, 0) is 0 Å². The third-order valence-electron chi connectivity index (χ3n) is 10.8. The molecule has 12 rings (SSSR count). The normalized spacial score (nSPS) is 12.6. The van der Waals surface area contributed by atoms with Gasteiger partial charge < -0.3 is 8.83 Å². The lowest BCUT2D eigenvalue weighted by molar-refractivity contribution is 0.669. The van der Waals surface area contributed by atoms with Crippen LogP contribution in [0, 0.1) is 0 Å². The second-order valence-corrected chi connectivity index (χ2v) is 13.1. The summed E-state index contributed by atoms with van der Waals surface area (Å²) in [6.07, 6.45) is 0. The van der Waals surface area contributed by atoms with Crippen molar-refractivity contribution in [1.82, 2.24) is 0 Å². The van der Waals surface area contributed by atoms with Crippen LogP contribution in [-0.4, -0.2) is 0 Å². The molecule has 0 unspecified atom stereocenters. The van der Waals surface area contributed by atoms with E-state index in [0.717, 1.165) is 27.9 Å². The lowest BCUT2D eigenvalue weighted by Crippen LogP contribution is -1.92. The summed E-state index contributed by atoms with van der Waals surface area (Å²) in [5.74, 6) is 0. The van der Waals surface area contributed by atoms with Gasteiger partial charge in [-0.05, 0) is 84.2 Å². The van der Waals surface area contributed by atoms with Gasteiger partial charge in [0.15, 0.2) is 0 Å². The Bertz CT molecular complexity index is 3160. The minimum atomic E-state index is 0.910. The van der Waals surface area contributed by atoms with Gasteiger partial charge in [0.05, 0.1) is 0 Å². The second-order valence-electron chi connectivity index (χ2n) is 13.1. The van der Waals surface area contributed by atoms with E-state index in [0.29, 0.717) is 0 Å². The maximum atomic E-state index is 7.02. The van der Waals surface area contributed by atoms with Crippen LogP contribution in [0.15, 0.2) is 154 Å². The van der Waals surface area contributed by atoms with Crippen molar-refractivity contribution in [2.24, 2.45) is 0 Å². The Kier molecular flexibility index (Phi) is 4.49. The number of hydrogen-bond donors (Lipinski definition) is 0. The summed E-state index contributed by atoms with van der Waals surface area (Å²) in [7, 11) is 0. The van der Waals surface area contributed by atoms with E-state index in [1.807, 2.05) is 0 Å². The van der Waals surface area contributed by atoms with E-state index in [1.54, 1.807) is 0 Å². The lowest BCUT2D eigenvalue weighted by Gasteiger charge is -2.19. The molecule has 0 atom stereocenters. The van der Waals surface area contributed by atoms with E-state index >= 15 is 0 Å². The molecule has 0 bridgehead atoms. The largest absolute Gasteiger partial charge is 0.456 e. The smallest absolute Gasteiger partial charge is 0.143 e. The highest BCUT2D eigenvalue weighted by molar-refractivity contribution is 6.39. The summed E-state index contributed by atoms with van der Waals surface area (Å²) in [5, 5.41) is 14.5. The molecule has 2 nitrogen and oxygen atoms in total. The fourth-order valence-corrected chi connectivity index (χ4v) is 8.90. The van der Waals surface area contributed by atoms with Crippen molar-refractivity contribution >= 4 is 87.0 Å². The van der Waals surface area contributed by atoms with Crippen molar-refractivity contribution in [1.29, 1.82) is 0 Å². The molecule has 0 radical (unpaired) electrons. The van der Waals surface area contributed by atoms with Gasteiger partial charge in [-0.1, -0.05) is 121 Å². The van der Waals surface area contributed by atoms with Gasteiger partial charge in [0.25, 0.3) is 0 Å². The van der Waals surface area contributed by atoms with Crippen LogP contribution in [0.5, 0.6) is 0 Å². The first-order valence-electron chi connectivity index (χ1n) is 16.5. The predicted molar refractivity (Wildman–Crippen MR) is 201 cm³/mol. The van der Waals surface area contributed by atoms with Crippen LogP contribution in [0.2, 0.25) is 0 Å². The van der Waals surface area contributed by atoms with Crippen LogP contribution in [0.3, 0.4) is 0 Å². The Hall–Kier alpha value is -6.38. The zero-order chi connectivity index (χ0) is 31.1. The molecule has 11 aromatic rings. The molecule has 1 aliphatic carbocycles. The highest BCUT2D eigenvalue weighted by Gasteiger charge is 2.28. The van der Waals surface area contributed by atoms with E-state index in [-0.39, 0.29) is 0 Å². The van der Waals surface area contributed by atoms with Crippen molar-refractivity contribution < 1.29 is 8.83 Å².